The van der Waals surface area contributed by atoms with Gasteiger partial charge in [0.05, 0.1) is 6.04 Å². The second-order valence-electron chi connectivity index (χ2n) is 3.41. The maximum absolute atomic E-state index is 11.1. The van der Waals surface area contributed by atoms with Gasteiger partial charge < -0.3 is 10.6 Å². The molecule has 0 saturated carbocycles. The standard InChI is InChI=1S/C8H16N2O/c1-5(2)6-4-10-7(6)8(11)9-3/h5-7,10H,4H2,1-3H3,(H,9,11)/t6-,7-/m0/s1. The molecule has 1 amide bonds. The largest absolute Gasteiger partial charge is 0.358 e. The van der Waals surface area contributed by atoms with Crippen LogP contribution in [0.15, 0.2) is 0 Å². The van der Waals surface area contributed by atoms with E-state index in [1.54, 1.807) is 7.05 Å². The van der Waals surface area contributed by atoms with E-state index in [1.807, 2.05) is 0 Å². The summed E-state index contributed by atoms with van der Waals surface area (Å²) in [5.74, 6) is 1.24. The van der Waals surface area contributed by atoms with Gasteiger partial charge in [-0.3, -0.25) is 4.79 Å². The molecule has 0 spiro atoms. The molecule has 2 N–H and O–H groups in total. The predicted molar refractivity (Wildman–Crippen MR) is 44.2 cm³/mol. The second-order valence-corrected chi connectivity index (χ2v) is 3.41. The van der Waals surface area contributed by atoms with Gasteiger partial charge in [0.15, 0.2) is 0 Å². The van der Waals surface area contributed by atoms with E-state index in [-0.39, 0.29) is 11.9 Å². The first-order valence-electron chi connectivity index (χ1n) is 4.11. The van der Waals surface area contributed by atoms with Gasteiger partial charge in [0.1, 0.15) is 0 Å². The van der Waals surface area contributed by atoms with Crippen LogP contribution in [0.2, 0.25) is 0 Å². The molecule has 3 heteroatoms. The molecule has 3 nitrogen and oxygen atoms in total. The van der Waals surface area contributed by atoms with E-state index in [1.165, 1.54) is 0 Å². The van der Waals surface area contributed by atoms with Crippen LogP contribution >= 0.6 is 0 Å². The smallest absolute Gasteiger partial charge is 0.237 e. The third-order valence-electron chi connectivity index (χ3n) is 2.39. The molecule has 1 saturated heterocycles. The van der Waals surface area contributed by atoms with Crippen LogP contribution in [-0.4, -0.2) is 25.5 Å². The highest BCUT2D eigenvalue weighted by atomic mass is 16.2. The molecule has 2 atom stereocenters. The Balaban J connectivity index is 2.43. The summed E-state index contributed by atoms with van der Waals surface area (Å²) in [5, 5.41) is 5.77. The zero-order valence-electron chi connectivity index (χ0n) is 7.35. The zero-order chi connectivity index (χ0) is 8.43. The SMILES string of the molecule is CNC(=O)[C@H]1NC[C@H]1C(C)C. The minimum absolute atomic E-state index is 0.0556. The molecule has 1 aliphatic heterocycles. The maximum Gasteiger partial charge on any atom is 0.237 e. The van der Waals surface area contributed by atoms with Crippen molar-refractivity contribution in [3.8, 4) is 0 Å². The van der Waals surface area contributed by atoms with Crippen LogP contribution in [0.25, 0.3) is 0 Å². The first-order valence-corrected chi connectivity index (χ1v) is 4.11. The number of carbonyl (C=O) groups excluding carboxylic acids is 1. The van der Waals surface area contributed by atoms with Crippen molar-refractivity contribution in [3.05, 3.63) is 0 Å². The molecule has 0 aromatic rings. The number of hydrogen-bond acceptors (Lipinski definition) is 2. The Kier molecular flexibility index (Phi) is 2.49. The number of nitrogens with one attached hydrogen (secondary N) is 2. The summed E-state index contributed by atoms with van der Waals surface area (Å²) in [6, 6.07) is 0.0556. The summed E-state index contributed by atoms with van der Waals surface area (Å²) in [7, 11) is 1.68. The van der Waals surface area contributed by atoms with Gasteiger partial charge >= 0.3 is 0 Å². The van der Waals surface area contributed by atoms with Crippen LogP contribution in [0.1, 0.15) is 13.8 Å². The summed E-state index contributed by atoms with van der Waals surface area (Å²) < 4.78 is 0. The Morgan fingerprint density at radius 1 is 1.64 bits per heavy atom. The lowest BCUT2D eigenvalue weighted by Gasteiger charge is -2.39. The van der Waals surface area contributed by atoms with Gasteiger partial charge in [0, 0.05) is 13.6 Å². The number of likely N-dealkylation sites (N-methyl/N-ethyl adjacent to an activating group) is 1. The first kappa shape index (κ1) is 8.53. The van der Waals surface area contributed by atoms with Crippen molar-refractivity contribution in [2.24, 2.45) is 11.8 Å². The fourth-order valence-corrected chi connectivity index (χ4v) is 1.44. The summed E-state index contributed by atoms with van der Waals surface area (Å²) in [4.78, 5) is 11.1. The molecule has 0 aromatic heterocycles. The van der Waals surface area contributed by atoms with Gasteiger partial charge in [-0.2, -0.15) is 0 Å². The van der Waals surface area contributed by atoms with Gasteiger partial charge in [-0.25, -0.2) is 0 Å². The molecule has 1 aliphatic rings. The monoisotopic (exact) mass is 156 g/mol. The van der Waals surface area contributed by atoms with E-state index in [4.69, 9.17) is 0 Å². The van der Waals surface area contributed by atoms with Crippen LogP contribution in [0, 0.1) is 11.8 Å². The second kappa shape index (κ2) is 3.22. The maximum atomic E-state index is 11.1. The Bertz CT molecular complexity index is 156. The summed E-state index contributed by atoms with van der Waals surface area (Å²) in [6.07, 6.45) is 0. The fourth-order valence-electron chi connectivity index (χ4n) is 1.44. The van der Waals surface area contributed by atoms with Crippen molar-refractivity contribution < 1.29 is 4.79 Å². The molecule has 0 radical (unpaired) electrons. The molecule has 11 heavy (non-hydrogen) atoms. The van der Waals surface area contributed by atoms with Crippen LogP contribution < -0.4 is 10.6 Å². The number of amides is 1. The zero-order valence-corrected chi connectivity index (χ0v) is 7.35. The molecule has 0 aromatic carbocycles. The van der Waals surface area contributed by atoms with E-state index in [0.717, 1.165) is 6.54 Å². The number of carbonyl (C=O) groups is 1. The molecular formula is C8H16N2O. The Morgan fingerprint density at radius 2 is 2.27 bits per heavy atom. The van der Waals surface area contributed by atoms with E-state index >= 15 is 0 Å². The predicted octanol–water partition coefficient (Wildman–Crippen LogP) is -0.0236. The van der Waals surface area contributed by atoms with Gasteiger partial charge in [-0.15, -0.1) is 0 Å². The Labute approximate surface area is 67.5 Å². The average molecular weight is 156 g/mol. The summed E-state index contributed by atoms with van der Waals surface area (Å²) in [5.41, 5.74) is 0. The highest BCUT2D eigenvalue weighted by Gasteiger charge is 2.37. The van der Waals surface area contributed by atoms with Crippen LogP contribution in [0.4, 0.5) is 0 Å². The third kappa shape index (κ3) is 1.53. The van der Waals surface area contributed by atoms with E-state index < -0.39 is 0 Å². The normalized spacial score (nSPS) is 29.8. The molecule has 1 heterocycles. The van der Waals surface area contributed by atoms with Crippen molar-refractivity contribution in [2.75, 3.05) is 13.6 Å². The van der Waals surface area contributed by atoms with Crippen LogP contribution in [0.3, 0.4) is 0 Å². The molecule has 64 valence electrons. The molecule has 0 bridgehead atoms. The summed E-state index contributed by atoms with van der Waals surface area (Å²) >= 11 is 0. The highest BCUT2D eigenvalue weighted by Crippen LogP contribution is 2.21. The van der Waals surface area contributed by atoms with Crippen molar-refractivity contribution in [1.29, 1.82) is 0 Å². The van der Waals surface area contributed by atoms with E-state index in [0.29, 0.717) is 11.8 Å². The quantitative estimate of drug-likeness (QED) is 0.590. The van der Waals surface area contributed by atoms with Crippen molar-refractivity contribution in [1.82, 2.24) is 10.6 Å². The lowest BCUT2D eigenvalue weighted by atomic mass is 9.82. The Hall–Kier alpha value is -0.570. The minimum atomic E-state index is 0.0556. The topological polar surface area (TPSA) is 41.1 Å². The highest BCUT2D eigenvalue weighted by molar-refractivity contribution is 5.82. The first-order chi connectivity index (χ1) is 5.16. The molecule has 1 fully saturated rings. The number of rotatable bonds is 2. The van der Waals surface area contributed by atoms with E-state index in [2.05, 4.69) is 24.5 Å². The molecule has 0 unspecified atom stereocenters. The Morgan fingerprint density at radius 3 is 2.55 bits per heavy atom. The minimum Gasteiger partial charge on any atom is -0.358 e. The van der Waals surface area contributed by atoms with Crippen LogP contribution in [0.5, 0.6) is 0 Å². The van der Waals surface area contributed by atoms with Gasteiger partial charge in [0.2, 0.25) is 5.91 Å². The van der Waals surface area contributed by atoms with Crippen molar-refractivity contribution in [3.63, 3.8) is 0 Å². The van der Waals surface area contributed by atoms with E-state index in [9.17, 15) is 4.79 Å². The lowest BCUT2D eigenvalue weighted by Crippen LogP contribution is -2.61. The van der Waals surface area contributed by atoms with Gasteiger partial charge in [-0.05, 0) is 11.8 Å². The van der Waals surface area contributed by atoms with Gasteiger partial charge in [-0.1, -0.05) is 13.8 Å². The third-order valence-corrected chi connectivity index (χ3v) is 2.39. The van der Waals surface area contributed by atoms with Crippen molar-refractivity contribution >= 4 is 5.91 Å². The number of hydrogen-bond donors (Lipinski definition) is 2. The van der Waals surface area contributed by atoms with Gasteiger partial charge in [0.25, 0.3) is 0 Å². The average Bonchev–Trinajstić information content (AvgIpc) is 1.83. The molecule has 1 rings (SSSR count). The molecule has 0 aliphatic carbocycles. The molecular weight excluding hydrogens is 140 g/mol. The van der Waals surface area contributed by atoms with Crippen LogP contribution in [-0.2, 0) is 4.79 Å². The van der Waals surface area contributed by atoms with Crippen molar-refractivity contribution in [2.45, 2.75) is 19.9 Å². The lowest BCUT2D eigenvalue weighted by molar-refractivity contribution is -0.127. The summed E-state index contributed by atoms with van der Waals surface area (Å²) in [6.45, 7) is 5.29. The fraction of sp³-hybridized carbons (Fsp3) is 0.875.